The fourth-order valence-electron chi connectivity index (χ4n) is 3.66. The lowest BCUT2D eigenvalue weighted by molar-refractivity contribution is -0.119. The van der Waals surface area contributed by atoms with Crippen molar-refractivity contribution in [3.8, 4) is 28.8 Å². The van der Waals surface area contributed by atoms with Crippen LogP contribution in [-0.4, -0.2) is 28.9 Å². The Hall–Kier alpha value is -3.99. The Balaban J connectivity index is 1.71. The molecule has 3 aromatic rings. The van der Waals surface area contributed by atoms with Gasteiger partial charge in [-0.1, -0.05) is 6.07 Å². The molecule has 1 heterocycles. The van der Waals surface area contributed by atoms with Crippen molar-refractivity contribution >= 4 is 17.4 Å². The Morgan fingerprint density at radius 2 is 2.10 bits per heavy atom. The van der Waals surface area contributed by atoms with Crippen molar-refractivity contribution in [3.63, 3.8) is 0 Å². The van der Waals surface area contributed by atoms with Crippen LogP contribution in [0.1, 0.15) is 23.6 Å². The van der Waals surface area contributed by atoms with Gasteiger partial charge in [0.05, 0.1) is 23.9 Å². The lowest BCUT2D eigenvalue weighted by atomic mass is 10.1. The molecule has 0 radical (unpaired) electrons. The summed E-state index contributed by atoms with van der Waals surface area (Å²) in [5, 5.41) is 17.1. The van der Waals surface area contributed by atoms with E-state index in [9.17, 15) is 4.79 Å². The minimum absolute atomic E-state index is 0.223. The molecule has 1 aliphatic rings. The maximum Gasteiger partial charge on any atom is 0.255 e. The molecule has 4 rings (SSSR count). The molecule has 152 valence electrons. The van der Waals surface area contributed by atoms with Crippen molar-refractivity contribution in [1.29, 1.82) is 5.26 Å². The molecule has 0 atom stereocenters. The number of fused-ring (bicyclic) bond motifs is 3. The molecule has 0 saturated carbocycles. The molecule has 1 amide bonds. The Morgan fingerprint density at radius 3 is 2.83 bits per heavy atom. The van der Waals surface area contributed by atoms with E-state index in [1.165, 1.54) is 0 Å². The van der Waals surface area contributed by atoms with Crippen LogP contribution in [-0.2, 0) is 18.3 Å². The van der Waals surface area contributed by atoms with Gasteiger partial charge in [0.25, 0.3) is 5.91 Å². The van der Waals surface area contributed by atoms with Crippen molar-refractivity contribution in [2.45, 2.75) is 13.3 Å². The second kappa shape index (κ2) is 7.79. The normalized spacial score (nSPS) is 11.4. The zero-order valence-electron chi connectivity index (χ0n) is 16.7. The third-order valence-electron chi connectivity index (χ3n) is 4.86. The van der Waals surface area contributed by atoms with Crippen LogP contribution in [0.3, 0.4) is 0 Å². The van der Waals surface area contributed by atoms with E-state index in [1.807, 2.05) is 42.9 Å². The van der Waals surface area contributed by atoms with E-state index in [2.05, 4.69) is 16.5 Å². The van der Waals surface area contributed by atoms with Crippen molar-refractivity contribution in [1.82, 2.24) is 9.78 Å². The minimum Gasteiger partial charge on any atom is -0.490 e. The molecule has 0 spiro atoms. The highest BCUT2D eigenvalue weighted by molar-refractivity contribution is 5.82. The molecule has 30 heavy (non-hydrogen) atoms. The van der Waals surface area contributed by atoms with E-state index < -0.39 is 5.91 Å². The molecule has 0 saturated heterocycles. The van der Waals surface area contributed by atoms with Crippen LogP contribution in [0.25, 0.3) is 11.3 Å². The first-order valence-corrected chi connectivity index (χ1v) is 9.54. The summed E-state index contributed by atoms with van der Waals surface area (Å²) in [5.41, 5.74) is 10.7. The van der Waals surface area contributed by atoms with E-state index in [0.717, 1.165) is 33.9 Å². The Bertz CT molecular complexity index is 1180. The molecular weight excluding hydrogens is 382 g/mol. The number of primary amides is 1. The molecule has 8 nitrogen and oxygen atoms in total. The fraction of sp³-hybridized carbons (Fsp3) is 0.227. The van der Waals surface area contributed by atoms with E-state index in [-0.39, 0.29) is 6.61 Å². The number of aryl methyl sites for hydroxylation is 1. The number of hydrogen-bond acceptors (Lipinski definition) is 6. The molecule has 0 fully saturated rings. The molecule has 3 N–H and O–H groups in total. The standard InChI is InChI=1S/C22H21N5O3/c1-3-29-18-9-14-8-17-21(16(14)10-19(18)30-12-20(24)28)27(2)26-22(17)25-15-6-4-5-13(7-15)11-23/h4-7,9-10H,3,8,12H2,1-2H3,(H2,24,28)(H,25,26). The molecular formula is C22H21N5O3. The Labute approximate surface area is 173 Å². The fourth-order valence-corrected chi connectivity index (χ4v) is 3.66. The summed E-state index contributed by atoms with van der Waals surface area (Å²) in [6, 6.07) is 13.2. The Morgan fingerprint density at radius 1 is 1.30 bits per heavy atom. The summed E-state index contributed by atoms with van der Waals surface area (Å²) in [6.07, 6.45) is 0.676. The molecule has 8 heteroatoms. The van der Waals surface area contributed by atoms with Crippen molar-refractivity contribution < 1.29 is 14.3 Å². The highest BCUT2D eigenvalue weighted by Crippen LogP contribution is 2.45. The number of nitriles is 1. The van der Waals surface area contributed by atoms with Crippen LogP contribution in [0, 0.1) is 11.3 Å². The molecule has 0 aliphatic heterocycles. The minimum atomic E-state index is -0.551. The third-order valence-corrected chi connectivity index (χ3v) is 4.86. The number of nitrogens with one attached hydrogen (secondary N) is 1. The third kappa shape index (κ3) is 3.53. The number of rotatable bonds is 7. The summed E-state index contributed by atoms with van der Waals surface area (Å²) in [4.78, 5) is 11.2. The lowest BCUT2D eigenvalue weighted by Crippen LogP contribution is -2.20. The summed E-state index contributed by atoms with van der Waals surface area (Å²) in [7, 11) is 1.88. The summed E-state index contributed by atoms with van der Waals surface area (Å²) in [5.74, 6) is 1.23. The van der Waals surface area contributed by atoms with Crippen molar-refractivity contribution in [2.24, 2.45) is 12.8 Å². The van der Waals surface area contributed by atoms with Gasteiger partial charge in [-0.3, -0.25) is 9.48 Å². The molecule has 1 aliphatic carbocycles. The average molecular weight is 403 g/mol. The van der Waals surface area contributed by atoms with Gasteiger partial charge in [-0.25, -0.2) is 0 Å². The first kappa shape index (κ1) is 19.3. The molecule has 0 unspecified atom stereocenters. The van der Waals surface area contributed by atoms with Crippen LogP contribution >= 0.6 is 0 Å². The number of benzene rings is 2. The van der Waals surface area contributed by atoms with Gasteiger partial charge in [-0.05, 0) is 42.8 Å². The highest BCUT2D eigenvalue weighted by atomic mass is 16.5. The van der Waals surface area contributed by atoms with E-state index in [4.69, 9.17) is 20.5 Å². The van der Waals surface area contributed by atoms with Gasteiger partial charge >= 0.3 is 0 Å². The highest BCUT2D eigenvalue weighted by Gasteiger charge is 2.29. The average Bonchev–Trinajstić information content (AvgIpc) is 3.24. The SMILES string of the molecule is CCOc1cc2c(cc1OCC(N)=O)-c1c(c(Nc3cccc(C#N)c3)nn1C)C2. The number of hydrogen-bond donors (Lipinski definition) is 2. The predicted octanol–water partition coefficient (Wildman–Crippen LogP) is 2.87. The van der Waals surface area contributed by atoms with E-state index >= 15 is 0 Å². The smallest absolute Gasteiger partial charge is 0.255 e. The zero-order chi connectivity index (χ0) is 21.3. The molecule has 0 bridgehead atoms. The first-order valence-electron chi connectivity index (χ1n) is 9.54. The quantitative estimate of drug-likeness (QED) is 0.490. The van der Waals surface area contributed by atoms with Crippen LogP contribution < -0.4 is 20.5 Å². The van der Waals surface area contributed by atoms with Gasteiger partial charge in [0.15, 0.2) is 23.9 Å². The first-order chi connectivity index (χ1) is 14.5. The van der Waals surface area contributed by atoms with Crippen molar-refractivity contribution in [2.75, 3.05) is 18.5 Å². The largest absolute Gasteiger partial charge is 0.490 e. The number of carbonyl (C=O) groups excluding carboxylic acids is 1. The van der Waals surface area contributed by atoms with Crippen LogP contribution in [0.2, 0.25) is 0 Å². The Kier molecular flexibility index (Phi) is 5.02. The van der Waals surface area contributed by atoms with E-state index in [1.54, 1.807) is 12.1 Å². The van der Waals surface area contributed by atoms with Crippen LogP contribution in [0.4, 0.5) is 11.5 Å². The predicted molar refractivity (Wildman–Crippen MR) is 112 cm³/mol. The number of ether oxygens (including phenoxy) is 2. The topological polar surface area (TPSA) is 115 Å². The maximum atomic E-state index is 11.2. The van der Waals surface area contributed by atoms with Gasteiger partial charge < -0.3 is 20.5 Å². The second-order valence-corrected chi connectivity index (χ2v) is 6.94. The van der Waals surface area contributed by atoms with Crippen LogP contribution in [0.5, 0.6) is 11.5 Å². The number of nitrogens with two attached hydrogens (primary N) is 1. The number of aromatic nitrogens is 2. The maximum absolute atomic E-state index is 11.2. The number of anilines is 2. The summed E-state index contributed by atoms with van der Waals surface area (Å²) < 4.78 is 13.1. The summed E-state index contributed by atoms with van der Waals surface area (Å²) in [6.45, 7) is 2.14. The summed E-state index contributed by atoms with van der Waals surface area (Å²) >= 11 is 0. The number of carbonyl (C=O) groups is 1. The second-order valence-electron chi connectivity index (χ2n) is 6.94. The van der Waals surface area contributed by atoms with Crippen molar-refractivity contribution in [3.05, 3.63) is 53.1 Å². The van der Waals surface area contributed by atoms with Crippen LogP contribution in [0.15, 0.2) is 36.4 Å². The zero-order valence-corrected chi connectivity index (χ0v) is 16.7. The molecule has 1 aromatic heterocycles. The van der Waals surface area contributed by atoms with E-state index in [0.29, 0.717) is 30.1 Å². The number of nitrogens with zero attached hydrogens (tertiary/aromatic N) is 3. The van der Waals surface area contributed by atoms with Gasteiger partial charge in [0, 0.05) is 30.3 Å². The van der Waals surface area contributed by atoms with Gasteiger partial charge in [-0.2, -0.15) is 10.4 Å². The van der Waals surface area contributed by atoms with Gasteiger partial charge in [0.1, 0.15) is 0 Å². The van der Waals surface area contributed by atoms with Gasteiger partial charge in [-0.15, -0.1) is 0 Å². The molecule has 2 aromatic carbocycles. The number of amides is 1. The van der Waals surface area contributed by atoms with Gasteiger partial charge in [0.2, 0.25) is 0 Å². The monoisotopic (exact) mass is 403 g/mol. The lowest BCUT2D eigenvalue weighted by Gasteiger charge is -2.14.